The third kappa shape index (κ3) is 8.76. The van der Waals surface area contributed by atoms with Crippen LogP contribution in [0.1, 0.15) is 147 Å². The molecule has 0 radical (unpaired) electrons. The van der Waals surface area contributed by atoms with Gasteiger partial charge in [-0.3, -0.25) is 0 Å². The normalized spacial score (nSPS) is 17.9. The van der Waals surface area contributed by atoms with Crippen molar-refractivity contribution in [1.29, 1.82) is 0 Å². The fourth-order valence-corrected chi connectivity index (χ4v) is 15.9. The molecule has 2 aliphatic heterocycles. The molecule has 0 saturated carbocycles. The van der Waals surface area contributed by atoms with Gasteiger partial charge in [0.15, 0.2) is 0 Å². The highest BCUT2D eigenvalue weighted by Crippen LogP contribution is 2.57. The molecule has 0 fully saturated rings. The van der Waals surface area contributed by atoms with E-state index < -0.39 is 0 Å². The predicted octanol–water partition coefficient (Wildman–Crippen LogP) is 18.9. The van der Waals surface area contributed by atoms with Crippen LogP contribution in [-0.4, -0.2) is 13.8 Å². The number of fused-ring (bicyclic) bond motifs is 6. The molecule has 0 N–H and O–H groups in total. The first-order chi connectivity index (χ1) is 38.8. The number of para-hydroxylation sites is 2. The van der Waals surface area contributed by atoms with Crippen molar-refractivity contribution in [2.24, 2.45) is 0 Å². The van der Waals surface area contributed by atoms with Gasteiger partial charge in [0.2, 0.25) is 0 Å². The van der Waals surface area contributed by atoms with Crippen molar-refractivity contribution in [3.63, 3.8) is 0 Å². The molecule has 2 heterocycles. The fraction of sp³-hybridized carbons (Fsp3) is 0.308. The van der Waals surface area contributed by atoms with Crippen molar-refractivity contribution in [1.82, 2.24) is 0 Å². The van der Waals surface area contributed by atoms with Crippen LogP contribution in [0.25, 0.3) is 22.3 Å². The minimum Gasteiger partial charge on any atom is -0.345 e. The van der Waals surface area contributed by atoms with E-state index in [2.05, 4.69) is 307 Å². The van der Waals surface area contributed by atoms with Gasteiger partial charge in [-0.15, -0.1) is 0 Å². The number of nitrogens with zero attached hydrogens (tertiary/aromatic N) is 3. The van der Waals surface area contributed by atoms with E-state index >= 15 is 0 Å². The van der Waals surface area contributed by atoms with Gasteiger partial charge in [0, 0.05) is 52.5 Å². The van der Waals surface area contributed by atoms with Crippen LogP contribution >= 0.6 is 0 Å². The average Bonchev–Trinajstić information content (AvgIpc) is 1.34. The lowest BCUT2D eigenvalue weighted by Crippen LogP contribution is -2.62. The Kier molecular flexibility index (Phi) is 12.3. The topological polar surface area (TPSA) is 9.72 Å². The Hall–Kier alpha value is -7.56. The largest absolute Gasteiger partial charge is 0.345 e. The Morgan fingerprint density at radius 3 is 1.71 bits per heavy atom. The highest BCUT2D eigenvalue weighted by molar-refractivity contribution is 7.00. The smallest absolute Gasteiger partial charge is 0.252 e. The first kappa shape index (κ1) is 53.7. The van der Waals surface area contributed by atoms with Gasteiger partial charge in [-0.2, -0.15) is 0 Å². The summed E-state index contributed by atoms with van der Waals surface area (Å²) >= 11 is 0. The van der Waals surface area contributed by atoms with E-state index in [1.54, 1.807) is 5.56 Å². The molecule has 9 aromatic carbocycles. The molecule has 0 amide bonds. The molecule has 3 nitrogen and oxygen atoms in total. The molecule has 2 aliphatic carbocycles. The molecule has 412 valence electrons. The standard InChI is InChI=1S/C78H82BN3/c1-50-34-35-53(51-26-19-16-20-27-51)41-66(50)82-68-44-60(81(58-30-21-17-22-31-58)59-32-23-18-24-33-59)36-37-64(68)79-65-45-61-62(46-67(65)80(15)69-42-57(74(5,6)7)43-70(82)72(69)79)78(14,49-76(61,10)11)47-55-38-54(52-28-25-29-56(39-52)73(2,3)4)40-63-71(55)77(12,13)48-75(63,8)9/h16-46H,47-49H2,1-15H3. The van der Waals surface area contributed by atoms with E-state index in [-0.39, 0.29) is 39.2 Å². The van der Waals surface area contributed by atoms with Crippen molar-refractivity contribution in [3.8, 4) is 22.3 Å². The predicted molar refractivity (Wildman–Crippen MR) is 354 cm³/mol. The molecule has 9 aromatic rings. The number of aryl methyl sites for hydroxylation is 1. The van der Waals surface area contributed by atoms with E-state index in [4.69, 9.17) is 0 Å². The maximum atomic E-state index is 2.70. The van der Waals surface area contributed by atoms with E-state index in [9.17, 15) is 0 Å². The SMILES string of the molecule is Cc1ccc(-c2ccccc2)cc1N1c2cc(N(c3ccccc3)c3ccccc3)ccc2B2c3cc4c(cc3N(C)c3cc(C(C)(C)C)cc1c32)C(C)(Cc1cc(-c2cccc(C(C)(C)C)c2)cc2c1C(C)(C)CC2(C)C)CC4(C)C. The fourth-order valence-electron chi connectivity index (χ4n) is 15.9. The molecular weight excluding hydrogens is 990 g/mol. The molecule has 1 unspecified atom stereocenters. The lowest BCUT2D eigenvalue weighted by Gasteiger charge is -2.45. The molecule has 4 heteroatoms. The third-order valence-corrected chi connectivity index (χ3v) is 19.5. The molecular formula is C78H82BN3. The Morgan fingerprint density at radius 2 is 1.05 bits per heavy atom. The van der Waals surface area contributed by atoms with Crippen molar-refractivity contribution in [2.75, 3.05) is 21.7 Å². The Balaban J connectivity index is 1.04. The van der Waals surface area contributed by atoms with Crippen LogP contribution < -0.4 is 31.1 Å². The zero-order valence-corrected chi connectivity index (χ0v) is 51.4. The van der Waals surface area contributed by atoms with Gasteiger partial charge < -0.3 is 14.7 Å². The lowest BCUT2D eigenvalue weighted by molar-refractivity contribution is 0.369. The van der Waals surface area contributed by atoms with Gasteiger partial charge in [-0.25, -0.2) is 0 Å². The first-order valence-electron chi connectivity index (χ1n) is 30.2. The van der Waals surface area contributed by atoms with Crippen molar-refractivity contribution in [2.45, 2.75) is 149 Å². The minimum atomic E-state index is -0.125. The number of hydrogen-bond acceptors (Lipinski definition) is 3. The molecule has 0 aromatic heterocycles. The maximum absolute atomic E-state index is 2.70. The van der Waals surface area contributed by atoms with E-state index in [0.717, 1.165) is 36.3 Å². The van der Waals surface area contributed by atoms with Crippen LogP contribution in [-0.2, 0) is 38.9 Å². The number of rotatable bonds is 8. The molecule has 0 spiro atoms. The van der Waals surface area contributed by atoms with Gasteiger partial charge in [0.25, 0.3) is 6.71 Å². The molecule has 0 saturated heterocycles. The van der Waals surface area contributed by atoms with Gasteiger partial charge in [-0.1, -0.05) is 217 Å². The number of anilines is 8. The Labute approximate surface area is 491 Å². The van der Waals surface area contributed by atoms with Gasteiger partial charge >= 0.3 is 0 Å². The van der Waals surface area contributed by atoms with Gasteiger partial charge in [-0.05, 0) is 202 Å². The van der Waals surface area contributed by atoms with Crippen LogP contribution in [0, 0.1) is 6.92 Å². The third-order valence-electron chi connectivity index (χ3n) is 19.5. The lowest BCUT2D eigenvalue weighted by atomic mass is 9.33. The van der Waals surface area contributed by atoms with Crippen LogP contribution in [0.3, 0.4) is 0 Å². The zero-order chi connectivity index (χ0) is 57.6. The van der Waals surface area contributed by atoms with Crippen LogP contribution in [0.15, 0.2) is 188 Å². The minimum absolute atomic E-state index is 0.00942. The second kappa shape index (κ2) is 18.7. The quantitative estimate of drug-likeness (QED) is 0.140. The van der Waals surface area contributed by atoms with E-state index in [1.165, 1.54) is 106 Å². The summed E-state index contributed by atoms with van der Waals surface area (Å²) in [5.41, 5.74) is 30.3. The zero-order valence-electron chi connectivity index (χ0n) is 51.4. The average molecular weight is 1070 g/mol. The molecule has 13 rings (SSSR count). The van der Waals surface area contributed by atoms with Crippen LogP contribution in [0.2, 0.25) is 0 Å². The van der Waals surface area contributed by atoms with Crippen molar-refractivity contribution >= 4 is 68.6 Å². The molecule has 82 heavy (non-hydrogen) atoms. The monoisotopic (exact) mass is 1070 g/mol. The summed E-state index contributed by atoms with van der Waals surface area (Å²) in [6, 6.07) is 72.1. The van der Waals surface area contributed by atoms with Gasteiger partial charge in [0.1, 0.15) is 0 Å². The Morgan fingerprint density at radius 1 is 0.439 bits per heavy atom. The number of hydrogen-bond donors (Lipinski definition) is 0. The van der Waals surface area contributed by atoms with E-state index in [1.807, 2.05) is 0 Å². The molecule has 4 aliphatic rings. The summed E-state index contributed by atoms with van der Waals surface area (Å²) < 4.78 is 0. The molecule has 0 bridgehead atoms. The van der Waals surface area contributed by atoms with Crippen LogP contribution in [0.4, 0.5) is 45.5 Å². The first-order valence-corrected chi connectivity index (χ1v) is 30.2. The summed E-state index contributed by atoms with van der Waals surface area (Å²) in [4.78, 5) is 7.64. The van der Waals surface area contributed by atoms with E-state index in [0.29, 0.717) is 0 Å². The summed E-state index contributed by atoms with van der Waals surface area (Å²) in [5.74, 6) is 0. The van der Waals surface area contributed by atoms with Crippen molar-refractivity contribution < 1.29 is 0 Å². The maximum Gasteiger partial charge on any atom is 0.252 e. The number of benzene rings is 9. The second-order valence-electron chi connectivity index (χ2n) is 29.2. The summed E-state index contributed by atoms with van der Waals surface area (Å²) in [7, 11) is 2.36. The van der Waals surface area contributed by atoms with Crippen molar-refractivity contribution in [3.05, 3.63) is 233 Å². The second-order valence-corrected chi connectivity index (χ2v) is 29.2. The highest BCUT2D eigenvalue weighted by Gasteiger charge is 2.51. The van der Waals surface area contributed by atoms with Crippen LogP contribution in [0.5, 0.6) is 0 Å². The van der Waals surface area contributed by atoms with Gasteiger partial charge in [0.05, 0.1) is 0 Å². The summed E-state index contributed by atoms with van der Waals surface area (Å²) in [6.45, 7) is 34.1. The summed E-state index contributed by atoms with van der Waals surface area (Å²) in [6.07, 6.45) is 3.19. The Bertz CT molecular complexity index is 3960. The molecule has 1 atom stereocenters. The highest BCUT2D eigenvalue weighted by atomic mass is 15.2. The summed E-state index contributed by atoms with van der Waals surface area (Å²) in [5, 5.41) is 0.